The smallest absolute Gasteiger partial charge is 0.272 e. The van der Waals surface area contributed by atoms with Gasteiger partial charge in [-0.15, -0.1) is 0 Å². The first-order valence-electron chi connectivity index (χ1n) is 8.95. The van der Waals surface area contributed by atoms with Crippen LogP contribution in [0, 0.1) is 5.92 Å². The number of nitrogens with one attached hydrogen (secondary N) is 3. The number of carbonyl (C=O) groups is 1. The number of H-pyrrole nitrogens is 2. The molecule has 0 radical (unpaired) electrons. The monoisotopic (exact) mass is 337 g/mol. The number of fused-ring (bicyclic) bond motifs is 2. The Bertz CT molecular complexity index is 875. The zero-order valence-corrected chi connectivity index (χ0v) is 14.6. The van der Waals surface area contributed by atoms with E-state index in [0.29, 0.717) is 5.69 Å². The second-order valence-electron chi connectivity index (χ2n) is 7.07. The minimum absolute atomic E-state index is 0.126. The van der Waals surface area contributed by atoms with Crippen molar-refractivity contribution in [3.05, 3.63) is 47.0 Å². The lowest BCUT2D eigenvalue weighted by Crippen LogP contribution is -2.33. The summed E-state index contributed by atoms with van der Waals surface area (Å²) in [4.78, 5) is 20.8. The van der Waals surface area contributed by atoms with Crippen molar-refractivity contribution in [1.29, 1.82) is 0 Å². The molecule has 0 saturated carbocycles. The van der Waals surface area contributed by atoms with Crippen LogP contribution < -0.4 is 5.32 Å². The van der Waals surface area contributed by atoms with Crippen molar-refractivity contribution in [1.82, 2.24) is 25.5 Å². The molecular formula is C19H23N5O. The van der Waals surface area contributed by atoms with Crippen LogP contribution in [0.3, 0.4) is 0 Å². The minimum Gasteiger partial charge on any atom is -0.340 e. The number of hydrogen-bond acceptors (Lipinski definition) is 3. The molecule has 1 atom stereocenters. The minimum atomic E-state index is -0.184. The molecule has 6 nitrogen and oxygen atoms in total. The van der Waals surface area contributed by atoms with Crippen molar-refractivity contribution in [3.8, 4) is 0 Å². The number of carbonyl (C=O) groups excluding carboxylic acids is 1. The van der Waals surface area contributed by atoms with Crippen LogP contribution >= 0.6 is 0 Å². The number of imidazole rings is 1. The maximum atomic E-state index is 12.8. The molecule has 25 heavy (non-hydrogen) atoms. The molecule has 1 aromatic carbocycles. The molecule has 2 heterocycles. The van der Waals surface area contributed by atoms with Gasteiger partial charge in [0.1, 0.15) is 5.82 Å². The lowest BCUT2D eigenvalue weighted by Gasteiger charge is -2.20. The molecule has 1 aliphatic carbocycles. The Balaban J connectivity index is 1.61. The van der Waals surface area contributed by atoms with Crippen LogP contribution in [0.1, 0.15) is 60.3 Å². The molecule has 3 N–H and O–H groups in total. The molecule has 2 aromatic heterocycles. The SMILES string of the molecule is CC(C)C(NC(=O)c1n[nH]c2c1CCCC2)c1nc2ccccc2[nH]1. The fraction of sp³-hybridized carbons (Fsp3) is 0.421. The number of amides is 1. The molecule has 1 unspecified atom stereocenters. The van der Waals surface area contributed by atoms with Crippen LogP contribution in [0.15, 0.2) is 24.3 Å². The van der Waals surface area contributed by atoms with Crippen LogP contribution in [-0.2, 0) is 12.8 Å². The third kappa shape index (κ3) is 2.92. The standard InChI is InChI=1S/C19H23N5O/c1-11(2)16(18-20-14-9-5-6-10-15(14)21-18)22-19(25)17-12-7-3-4-8-13(12)23-24-17/h5-6,9-11,16H,3-4,7-8H2,1-2H3,(H,20,21)(H,22,25)(H,23,24). The first-order chi connectivity index (χ1) is 12.1. The largest absolute Gasteiger partial charge is 0.340 e. The maximum Gasteiger partial charge on any atom is 0.272 e. The molecule has 3 aromatic rings. The van der Waals surface area contributed by atoms with E-state index in [4.69, 9.17) is 0 Å². The highest BCUT2D eigenvalue weighted by molar-refractivity contribution is 5.94. The number of aromatic nitrogens is 4. The second-order valence-corrected chi connectivity index (χ2v) is 7.07. The second kappa shape index (κ2) is 6.35. The van der Waals surface area contributed by atoms with Gasteiger partial charge in [0.05, 0.1) is 17.1 Å². The van der Waals surface area contributed by atoms with Gasteiger partial charge in [0.25, 0.3) is 5.91 Å². The summed E-state index contributed by atoms with van der Waals surface area (Å²) in [6, 6.07) is 7.72. The Labute approximate surface area is 146 Å². The fourth-order valence-corrected chi connectivity index (χ4v) is 3.55. The summed E-state index contributed by atoms with van der Waals surface area (Å²) in [6.07, 6.45) is 4.17. The molecule has 130 valence electrons. The van der Waals surface area contributed by atoms with Gasteiger partial charge in [-0.05, 0) is 43.7 Å². The summed E-state index contributed by atoms with van der Waals surface area (Å²) in [7, 11) is 0. The predicted octanol–water partition coefficient (Wildman–Crippen LogP) is 3.29. The topological polar surface area (TPSA) is 86.5 Å². The average molecular weight is 337 g/mol. The highest BCUT2D eigenvalue weighted by atomic mass is 16.2. The number of hydrogen-bond donors (Lipinski definition) is 3. The van der Waals surface area contributed by atoms with Gasteiger partial charge in [0.15, 0.2) is 5.69 Å². The number of benzene rings is 1. The maximum absolute atomic E-state index is 12.8. The molecule has 4 rings (SSSR count). The molecule has 0 spiro atoms. The number of aromatic amines is 2. The lowest BCUT2D eigenvalue weighted by molar-refractivity contribution is 0.0917. The van der Waals surface area contributed by atoms with E-state index in [0.717, 1.165) is 53.8 Å². The van der Waals surface area contributed by atoms with Gasteiger partial charge in [-0.1, -0.05) is 26.0 Å². The van der Waals surface area contributed by atoms with Crippen molar-refractivity contribution < 1.29 is 4.79 Å². The van der Waals surface area contributed by atoms with Crippen molar-refractivity contribution >= 4 is 16.9 Å². The Hall–Kier alpha value is -2.63. The van der Waals surface area contributed by atoms with Crippen LogP contribution in [-0.4, -0.2) is 26.1 Å². The average Bonchev–Trinajstić information content (AvgIpc) is 3.23. The van der Waals surface area contributed by atoms with Crippen molar-refractivity contribution in [2.75, 3.05) is 0 Å². The summed E-state index contributed by atoms with van der Waals surface area (Å²) >= 11 is 0. The molecule has 0 saturated heterocycles. The summed E-state index contributed by atoms with van der Waals surface area (Å²) in [5.74, 6) is 0.867. The highest BCUT2D eigenvalue weighted by Crippen LogP contribution is 2.25. The molecule has 0 bridgehead atoms. The van der Waals surface area contributed by atoms with E-state index in [1.807, 2.05) is 24.3 Å². The van der Waals surface area contributed by atoms with E-state index in [2.05, 4.69) is 39.3 Å². The van der Waals surface area contributed by atoms with Crippen molar-refractivity contribution in [2.45, 2.75) is 45.6 Å². The normalized spacial score (nSPS) is 15.3. The third-order valence-electron chi connectivity index (χ3n) is 4.93. The molecule has 0 aliphatic heterocycles. The molecule has 1 amide bonds. The summed E-state index contributed by atoms with van der Waals surface area (Å²) in [5, 5.41) is 10.4. The number of para-hydroxylation sites is 2. The van der Waals surface area contributed by atoms with Gasteiger partial charge >= 0.3 is 0 Å². The first kappa shape index (κ1) is 15.9. The summed E-state index contributed by atoms with van der Waals surface area (Å²) in [6.45, 7) is 4.16. The van der Waals surface area contributed by atoms with E-state index in [9.17, 15) is 4.79 Å². The van der Waals surface area contributed by atoms with Crippen molar-refractivity contribution in [3.63, 3.8) is 0 Å². The van der Waals surface area contributed by atoms with Gasteiger partial charge in [-0.25, -0.2) is 4.98 Å². The van der Waals surface area contributed by atoms with Gasteiger partial charge in [-0.2, -0.15) is 5.10 Å². The van der Waals surface area contributed by atoms with Gasteiger partial charge in [0.2, 0.25) is 0 Å². The van der Waals surface area contributed by atoms with Gasteiger partial charge < -0.3 is 10.3 Å². The number of rotatable bonds is 4. The number of aryl methyl sites for hydroxylation is 1. The molecule has 1 aliphatic rings. The Morgan fingerprint density at radius 1 is 1.20 bits per heavy atom. The van der Waals surface area contributed by atoms with E-state index < -0.39 is 0 Å². The zero-order valence-electron chi connectivity index (χ0n) is 14.6. The van der Waals surface area contributed by atoms with Crippen LogP contribution in [0.4, 0.5) is 0 Å². The lowest BCUT2D eigenvalue weighted by atomic mass is 9.95. The van der Waals surface area contributed by atoms with E-state index >= 15 is 0 Å². The van der Waals surface area contributed by atoms with E-state index in [1.165, 1.54) is 0 Å². The third-order valence-corrected chi connectivity index (χ3v) is 4.93. The van der Waals surface area contributed by atoms with Crippen LogP contribution in [0.2, 0.25) is 0 Å². The Kier molecular flexibility index (Phi) is 4.03. The van der Waals surface area contributed by atoms with Crippen LogP contribution in [0.25, 0.3) is 11.0 Å². The summed E-state index contributed by atoms with van der Waals surface area (Å²) in [5.41, 5.74) is 4.62. The first-order valence-corrected chi connectivity index (χ1v) is 8.95. The molecule has 6 heteroatoms. The van der Waals surface area contributed by atoms with E-state index in [1.54, 1.807) is 0 Å². The fourth-order valence-electron chi connectivity index (χ4n) is 3.55. The Morgan fingerprint density at radius 3 is 2.80 bits per heavy atom. The molecular weight excluding hydrogens is 314 g/mol. The highest BCUT2D eigenvalue weighted by Gasteiger charge is 2.26. The van der Waals surface area contributed by atoms with Crippen LogP contribution in [0.5, 0.6) is 0 Å². The zero-order chi connectivity index (χ0) is 17.4. The van der Waals surface area contributed by atoms with E-state index in [-0.39, 0.29) is 17.9 Å². The summed E-state index contributed by atoms with van der Waals surface area (Å²) < 4.78 is 0. The Morgan fingerprint density at radius 2 is 2.00 bits per heavy atom. The van der Waals surface area contributed by atoms with Gasteiger partial charge in [0, 0.05) is 11.3 Å². The quantitative estimate of drug-likeness (QED) is 0.683. The van der Waals surface area contributed by atoms with Crippen molar-refractivity contribution in [2.24, 2.45) is 5.92 Å². The number of nitrogens with zero attached hydrogens (tertiary/aromatic N) is 2. The molecule has 0 fully saturated rings. The predicted molar refractivity (Wildman–Crippen MR) is 96.4 cm³/mol. The van der Waals surface area contributed by atoms with Gasteiger partial charge in [-0.3, -0.25) is 9.89 Å².